The SMILES string of the molecule is O.O.O.O.O.O.O.O.O.O.O.O.O=C(O)C(=O)O.O=C(O)C(=O)O.O=C(O)C(=O)O.[Nd].[Nd]. The molecule has 0 rings (SSSR count). The average molecular weight is 775 g/mol. The molecule has 0 saturated carbocycles. The molecule has 0 aliphatic heterocycles. The third-order valence-corrected chi connectivity index (χ3v) is 0.549. The van der Waals surface area contributed by atoms with E-state index in [1.54, 1.807) is 0 Å². The Morgan fingerprint density at radius 2 is 0.281 bits per heavy atom. The maximum atomic E-state index is 9.10. The molecular weight excluding hydrogens is 745 g/mol. The standard InChI is InChI=1S/3C2H2O4.2Nd.12H2O/c3*3-1(4)2(5)6;;;;;;;;;;;;;;/h3*(H,3,4)(H,5,6);;;12*1H2. The molecule has 0 amide bonds. The van der Waals surface area contributed by atoms with Crippen LogP contribution in [-0.4, -0.2) is 132 Å². The van der Waals surface area contributed by atoms with E-state index in [2.05, 4.69) is 0 Å². The zero-order chi connectivity index (χ0) is 15.5. The molecule has 0 aromatic heterocycles. The van der Waals surface area contributed by atoms with Crippen molar-refractivity contribution in [1.29, 1.82) is 0 Å². The Hall–Kier alpha value is -0.959. The third-order valence-electron chi connectivity index (χ3n) is 0.549. The number of aliphatic carboxylic acids is 6. The zero-order valence-corrected chi connectivity index (χ0v) is 21.5. The molecule has 32 heavy (non-hydrogen) atoms. The van der Waals surface area contributed by atoms with Gasteiger partial charge in [-0.2, -0.15) is 0 Å². The number of carboxylic acid groups (broad SMARTS) is 6. The van der Waals surface area contributed by atoms with Gasteiger partial charge in [0.2, 0.25) is 0 Å². The van der Waals surface area contributed by atoms with Crippen LogP contribution in [0.4, 0.5) is 0 Å². The molecule has 24 nitrogen and oxygen atoms in total. The quantitative estimate of drug-likeness (QED) is 0.125. The Balaban J connectivity index is -0.00000000577. The topological polar surface area (TPSA) is 602 Å². The van der Waals surface area contributed by atoms with Gasteiger partial charge in [0.15, 0.2) is 0 Å². The predicted molar refractivity (Wildman–Crippen MR) is 89.2 cm³/mol. The van der Waals surface area contributed by atoms with Crippen LogP contribution in [0.1, 0.15) is 0 Å². The van der Waals surface area contributed by atoms with Gasteiger partial charge in [-0.25, -0.2) is 28.8 Å². The summed E-state index contributed by atoms with van der Waals surface area (Å²) in [5, 5.41) is 44.3. The van der Waals surface area contributed by atoms with Crippen molar-refractivity contribution in [2.45, 2.75) is 0 Å². The summed E-state index contributed by atoms with van der Waals surface area (Å²) in [5.74, 6) is -10.9. The van der Waals surface area contributed by atoms with E-state index in [1.165, 1.54) is 0 Å². The second-order valence-electron chi connectivity index (χ2n) is 1.83. The normalized spacial score (nSPS) is 4.12. The van der Waals surface area contributed by atoms with Gasteiger partial charge < -0.3 is 96.4 Å². The molecule has 0 spiro atoms. The zero-order valence-electron chi connectivity index (χ0n) is 15.1. The van der Waals surface area contributed by atoms with E-state index in [0.717, 1.165) is 0 Å². The molecule has 0 aliphatic carbocycles. The number of hydrogen-bond donors (Lipinski definition) is 6. The van der Waals surface area contributed by atoms with E-state index >= 15 is 0 Å². The molecule has 30 N–H and O–H groups in total. The van der Waals surface area contributed by atoms with Crippen molar-refractivity contribution in [3.05, 3.63) is 0 Å². The van der Waals surface area contributed by atoms with Crippen LogP contribution in [0.15, 0.2) is 0 Å². The van der Waals surface area contributed by atoms with Crippen molar-refractivity contribution in [2.24, 2.45) is 0 Å². The van der Waals surface area contributed by atoms with Gasteiger partial charge in [-0.15, -0.1) is 0 Å². The van der Waals surface area contributed by atoms with Crippen LogP contribution < -0.4 is 0 Å². The van der Waals surface area contributed by atoms with Crippen molar-refractivity contribution in [3.8, 4) is 0 Å². The van der Waals surface area contributed by atoms with E-state index < -0.39 is 35.8 Å². The van der Waals surface area contributed by atoms with Crippen molar-refractivity contribution >= 4 is 35.8 Å². The Labute approximate surface area is 240 Å². The van der Waals surface area contributed by atoms with E-state index in [1.807, 2.05) is 0 Å². The summed E-state index contributed by atoms with van der Waals surface area (Å²) in [7, 11) is 0. The molecule has 0 fully saturated rings. The summed E-state index contributed by atoms with van der Waals surface area (Å²) in [6.45, 7) is 0. The maximum Gasteiger partial charge on any atom is 0.414 e. The second-order valence-corrected chi connectivity index (χ2v) is 1.83. The average Bonchev–Trinajstić information content (AvgIpc) is 2.18. The van der Waals surface area contributed by atoms with Crippen molar-refractivity contribution < 1.29 is 207 Å². The van der Waals surface area contributed by atoms with Crippen LogP contribution in [0.5, 0.6) is 0 Å². The number of carbonyl (C=O) groups is 6. The van der Waals surface area contributed by atoms with Crippen molar-refractivity contribution in [3.63, 3.8) is 0 Å². The van der Waals surface area contributed by atoms with Crippen molar-refractivity contribution in [1.82, 2.24) is 0 Å². The molecule has 0 heterocycles. The smallest absolute Gasteiger partial charge is 0.414 e. The van der Waals surface area contributed by atoms with Crippen LogP contribution in [0.3, 0.4) is 0 Å². The van der Waals surface area contributed by atoms with Gasteiger partial charge in [0, 0.05) is 81.7 Å². The van der Waals surface area contributed by atoms with Gasteiger partial charge in [-0.05, 0) is 0 Å². The second kappa shape index (κ2) is 87.2. The fraction of sp³-hybridized carbons (Fsp3) is 0. The molecule has 0 bridgehead atoms. The first-order valence-electron chi connectivity index (χ1n) is 3.32. The van der Waals surface area contributed by atoms with E-state index in [-0.39, 0.29) is 147 Å². The van der Waals surface area contributed by atoms with E-state index in [4.69, 9.17) is 59.4 Å². The first-order valence-corrected chi connectivity index (χ1v) is 3.32. The summed E-state index contributed by atoms with van der Waals surface area (Å²) < 4.78 is 0. The molecule has 0 unspecified atom stereocenters. The number of carboxylic acids is 6. The van der Waals surface area contributed by atoms with Crippen LogP contribution in [-0.2, 0) is 28.8 Å². The molecule has 0 aromatic rings. The minimum absolute atomic E-state index is 0. The number of rotatable bonds is 0. The van der Waals surface area contributed by atoms with Crippen LogP contribution in [0, 0.1) is 81.7 Å². The Kier molecular flexibility index (Phi) is 387. The summed E-state index contributed by atoms with van der Waals surface area (Å²) in [4.78, 5) is 54.6. The Morgan fingerprint density at radius 1 is 0.250 bits per heavy atom. The van der Waals surface area contributed by atoms with Gasteiger partial charge in [-0.1, -0.05) is 0 Å². The molecule has 206 valence electrons. The largest absolute Gasteiger partial charge is 0.473 e. The minimum Gasteiger partial charge on any atom is -0.473 e. The van der Waals surface area contributed by atoms with Crippen molar-refractivity contribution in [2.75, 3.05) is 0 Å². The fourth-order valence-electron chi connectivity index (χ4n) is 0. The summed E-state index contributed by atoms with van der Waals surface area (Å²) in [6, 6.07) is 0. The van der Waals surface area contributed by atoms with Gasteiger partial charge >= 0.3 is 35.8 Å². The van der Waals surface area contributed by atoms with Gasteiger partial charge in [0.25, 0.3) is 0 Å². The molecular formula is C6H30Nd2O24. The third kappa shape index (κ3) is 187. The molecule has 26 heteroatoms. The number of hydrogen-bond acceptors (Lipinski definition) is 6. The minimum atomic E-state index is -1.82. The fourth-order valence-corrected chi connectivity index (χ4v) is 0. The van der Waals surface area contributed by atoms with Gasteiger partial charge in [0.1, 0.15) is 0 Å². The summed E-state index contributed by atoms with van der Waals surface area (Å²) in [5.41, 5.74) is 0. The first kappa shape index (κ1) is 142. The van der Waals surface area contributed by atoms with Gasteiger partial charge in [-0.3, -0.25) is 0 Å². The van der Waals surface area contributed by atoms with Gasteiger partial charge in [0.05, 0.1) is 0 Å². The molecule has 0 radical (unpaired) electrons. The summed E-state index contributed by atoms with van der Waals surface area (Å²) >= 11 is 0. The Bertz CT molecular complexity index is 288. The molecule has 0 atom stereocenters. The summed E-state index contributed by atoms with van der Waals surface area (Å²) in [6.07, 6.45) is 0. The van der Waals surface area contributed by atoms with Crippen LogP contribution >= 0.6 is 0 Å². The predicted octanol–water partition coefficient (Wildman–Crippen LogP) is -12.4. The molecule has 0 saturated heterocycles. The maximum absolute atomic E-state index is 9.10. The Morgan fingerprint density at radius 3 is 0.281 bits per heavy atom. The first-order chi connectivity index (χ1) is 7.93. The van der Waals surface area contributed by atoms with Crippen LogP contribution in [0.2, 0.25) is 0 Å². The monoisotopic (exact) mass is 770 g/mol. The molecule has 0 aliphatic rings. The van der Waals surface area contributed by atoms with E-state index in [9.17, 15) is 0 Å². The molecule has 0 aromatic carbocycles. The van der Waals surface area contributed by atoms with Crippen LogP contribution in [0.25, 0.3) is 0 Å². The van der Waals surface area contributed by atoms with E-state index in [0.29, 0.717) is 0 Å².